The molecule has 2 heterocycles. The average Bonchev–Trinajstić information content (AvgIpc) is 2.81. The Morgan fingerprint density at radius 2 is 1.86 bits per heavy atom. The van der Waals surface area contributed by atoms with Gasteiger partial charge in [0.05, 0.1) is 0 Å². The van der Waals surface area contributed by atoms with Crippen LogP contribution in [0.15, 0.2) is 4.52 Å². The van der Waals surface area contributed by atoms with Crippen molar-refractivity contribution in [1.82, 2.24) is 15.0 Å². The summed E-state index contributed by atoms with van der Waals surface area (Å²) in [6, 6.07) is 0. The Hall–Kier alpha value is -1.63. The Morgan fingerprint density at radius 3 is 2.32 bits per heavy atom. The van der Waals surface area contributed by atoms with Crippen molar-refractivity contribution in [3.05, 3.63) is 11.7 Å². The summed E-state index contributed by atoms with van der Waals surface area (Å²) in [6.45, 7) is 10.1. The van der Waals surface area contributed by atoms with Gasteiger partial charge in [-0.25, -0.2) is 4.79 Å². The first-order valence-electron chi connectivity index (χ1n) is 7.60. The zero-order chi connectivity index (χ0) is 16.3. The summed E-state index contributed by atoms with van der Waals surface area (Å²) < 4.78 is 10.5. The molecule has 1 saturated carbocycles. The van der Waals surface area contributed by atoms with Crippen molar-refractivity contribution < 1.29 is 19.2 Å². The Kier molecular flexibility index (Phi) is 3.25. The summed E-state index contributed by atoms with van der Waals surface area (Å²) in [5, 5.41) is 13.8. The summed E-state index contributed by atoms with van der Waals surface area (Å²) in [5.74, 6) is 1.81. The number of carbonyl (C=O) groups excluding carboxylic acids is 1. The molecule has 22 heavy (non-hydrogen) atoms. The fourth-order valence-corrected chi connectivity index (χ4v) is 3.00. The molecule has 2 aliphatic rings. The fourth-order valence-electron chi connectivity index (χ4n) is 3.00. The SMILES string of the molecule is CC(C)(C)OC(=O)N1C[C@@H]2[C@H](C1)[C@H]2c1noc(C(C)(C)O)n1. The van der Waals surface area contributed by atoms with Crippen LogP contribution in [0.2, 0.25) is 0 Å². The second-order valence-corrected chi connectivity index (χ2v) is 7.76. The minimum Gasteiger partial charge on any atom is -0.444 e. The van der Waals surface area contributed by atoms with Gasteiger partial charge in [-0.1, -0.05) is 5.16 Å². The Balaban J connectivity index is 1.59. The molecule has 122 valence electrons. The van der Waals surface area contributed by atoms with Crippen LogP contribution in [-0.4, -0.2) is 44.9 Å². The highest BCUT2D eigenvalue weighted by molar-refractivity contribution is 5.69. The normalized spacial score (nSPS) is 27.7. The van der Waals surface area contributed by atoms with E-state index in [4.69, 9.17) is 9.26 Å². The monoisotopic (exact) mass is 309 g/mol. The fraction of sp³-hybridized carbons (Fsp3) is 0.800. The first-order valence-corrected chi connectivity index (χ1v) is 7.60. The largest absolute Gasteiger partial charge is 0.444 e. The number of fused-ring (bicyclic) bond motifs is 1. The van der Waals surface area contributed by atoms with E-state index in [0.717, 1.165) is 0 Å². The number of nitrogens with zero attached hydrogens (tertiary/aromatic N) is 3. The molecule has 2 fully saturated rings. The van der Waals surface area contributed by atoms with E-state index in [1.807, 2.05) is 20.8 Å². The van der Waals surface area contributed by atoms with Crippen LogP contribution in [0.25, 0.3) is 0 Å². The number of carbonyl (C=O) groups is 1. The van der Waals surface area contributed by atoms with Gasteiger partial charge in [-0.05, 0) is 46.5 Å². The lowest BCUT2D eigenvalue weighted by molar-refractivity contribution is 0.0270. The predicted molar refractivity (Wildman–Crippen MR) is 77.1 cm³/mol. The van der Waals surface area contributed by atoms with Gasteiger partial charge in [-0.2, -0.15) is 4.98 Å². The third-order valence-electron chi connectivity index (χ3n) is 4.11. The highest BCUT2D eigenvalue weighted by atomic mass is 16.6. The molecule has 1 amide bonds. The van der Waals surface area contributed by atoms with Gasteiger partial charge in [0.25, 0.3) is 5.89 Å². The predicted octanol–water partition coefficient (Wildman–Crippen LogP) is 1.88. The highest BCUT2D eigenvalue weighted by Crippen LogP contribution is 2.57. The molecule has 1 aromatic rings. The molecule has 7 nitrogen and oxygen atoms in total. The van der Waals surface area contributed by atoms with Crippen LogP contribution in [-0.2, 0) is 10.3 Å². The summed E-state index contributed by atoms with van der Waals surface area (Å²) in [7, 11) is 0. The third-order valence-corrected chi connectivity index (χ3v) is 4.11. The van der Waals surface area contributed by atoms with E-state index in [9.17, 15) is 9.90 Å². The van der Waals surface area contributed by atoms with Gasteiger partial charge >= 0.3 is 6.09 Å². The smallest absolute Gasteiger partial charge is 0.410 e. The summed E-state index contributed by atoms with van der Waals surface area (Å²) in [6.07, 6.45) is -0.260. The van der Waals surface area contributed by atoms with Gasteiger partial charge in [0.1, 0.15) is 11.2 Å². The van der Waals surface area contributed by atoms with Crippen molar-refractivity contribution in [3.63, 3.8) is 0 Å². The van der Waals surface area contributed by atoms with Crippen LogP contribution in [0, 0.1) is 11.8 Å². The Labute approximate surface area is 129 Å². The van der Waals surface area contributed by atoms with Crippen LogP contribution in [0.5, 0.6) is 0 Å². The lowest BCUT2D eigenvalue weighted by Crippen LogP contribution is -2.36. The number of aliphatic hydroxyl groups is 1. The number of amides is 1. The molecule has 0 aromatic carbocycles. The molecule has 1 N–H and O–H groups in total. The standard InChI is InChI=1S/C15H23N3O4/c1-14(2,3)21-13(19)18-6-8-9(7-18)10(8)11-16-12(22-17-11)15(4,5)20/h8-10,20H,6-7H2,1-5H3/t8-,9+,10+. The molecule has 1 aromatic heterocycles. The topological polar surface area (TPSA) is 88.7 Å². The molecule has 0 spiro atoms. The van der Waals surface area contributed by atoms with E-state index < -0.39 is 11.2 Å². The van der Waals surface area contributed by atoms with Gasteiger partial charge in [0.15, 0.2) is 5.82 Å². The molecule has 7 heteroatoms. The van der Waals surface area contributed by atoms with E-state index in [-0.39, 0.29) is 17.9 Å². The summed E-state index contributed by atoms with van der Waals surface area (Å²) in [4.78, 5) is 18.1. The van der Waals surface area contributed by atoms with Gasteiger partial charge in [0, 0.05) is 19.0 Å². The van der Waals surface area contributed by atoms with Crippen LogP contribution < -0.4 is 0 Å². The lowest BCUT2D eigenvalue weighted by atomic mass is 10.1. The molecule has 0 radical (unpaired) electrons. The minimum atomic E-state index is -1.13. The minimum absolute atomic E-state index is 0.221. The van der Waals surface area contributed by atoms with Gasteiger partial charge in [-0.15, -0.1) is 0 Å². The van der Waals surface area contributed by atoms with Crippen molar-refractivity contribution >= 4 is 6.09 Å². The Morgan fingerprint density at radius 1 is 1.27 bits per heavy atom. The molecule has 1 aliphatic carbocycles. The van der Waals surface area contributed by atoms with Crippen LogP contribution in [0.4, 0.5) is 4.79 Å². The van der Waals surface area contributed by atoms with Crippen LogP contribution >= 0.6 is 0 Å². The van der Waals surface area contributed by atoms with Crippen molar-refractivity contribution in [1.29, 1.82) is 0 Å². The second kappa shape index (κ2) is 4.68. The highest BCUT2D eigenvalue weighted by Gasteiger charge is 2.60. The number of ether oxygens (including phenoxy) is 1. The van der Waals surface area contributed by atoms with Gasteiger partial charge in [0.2, 0.25) is 0 Å². The van der Waals surface area contributed by atoms with Crippen molar-refractivity contribution in [2.45, 2.75) is 51.7 Å². The van der Waals surface area contributed by atoms with Crippen molar-refractivity contribution in [2.75, 3.05) is 13.1 Å². The summed E-state index contributed by atoms with van der Waals surface area (Å²) in [5.41, 5.74) is -1.60. The maximum atomic E-state index is 12.0. The van der Waals surface area contributed by atoms with Crippen LogP contribution in [0.3, 0.4) is 0 Å². The van der Waals surface area contributed by atoms with Crippen LogP contribution in [0.1, 0.15) is 52.3 Å². The van der Waals surface area contributed by atoms with Crippen molar-refractivity contribution in [3.8, 4) is 0 Å². The Bertz CT molecular complexity index is 572. The zero-order valence-electron chi connectivity index (χ0n) is 13.7. The lowest BCUT2D eigenvalue weighted by Gasteiger charge is -2.25. The first kappa shape index (κ1) is 15.3. The zero-order valence-corrected chi connectivity index (χ0v) is 13.7. The summed E-state index contributed by atoms with van der Waals surface area (Å²) >= 11 is 0. The molecule has 0 unspecified atom stereocenters. The number of rotatable bonds is 2. The number of aromatic nitrogens is 2. The number of piperidine rings is 1. The molecular weight excluding hydrogens is 286 g/mol. The van der Waals surface area contributed by atoms with Crippen molar-refractivity contribution in [2.24, 2.45) is 11.8 Å². The van der Waals surface area contributed by atoms with Gasteiger partial charge in [-0.3, -0.25) is 0 Å². The maximum Gasteiger partial charge on any atom is 0.410 e. The number of hydrogen-bond donors (Lipinski definition) is 1. The third kappa shape index (κ3) is 2.82. The molecule has 0 bridgehead atoms. The molecular formula is C15H23N3O4. The molecule has 1 aliphatic heterocycles. The van der Waals surface area contributed by atoms with Gasteiger partial charge < -0.3 is 19.3 Å². The molecule has 1 saturated heterocycles. The second-order valence-electron chi connectivity index (χ2n) is 7.76. The van der Waals surface area contributed by atoms with E-state index in [2.05, 4.69) is 10.1 Å². The average molecular weight is 309 g/mol. The first-order chi connectivity index (χ1) is 10.1. The number of likely N-dealkylation sites (tertiary alicyclic amines) is 1. The number of hydrogen-bond acceptors (Lipinski definition) is 6. The molecule has 3 atom stereocenters. The van der Waals surface area contributed by atoms with E-state index in [0.29, 0.717) is 30.7 Å². The van der Waals surface area contributed by atoms with E-state index in [1.54, 1.807) is 18.7 Å². The maximum absolute atomic E-state index is 12.0. The quantitative estimate of drug-likeness (QED) is 0.897. The van der Waals surface area contributed by atoms with E-state index >= 15 is 0 Å². The van der Waals surface area contributed by atoms with E-state index in [1.165, 1.54) is 0 Å². The molecule has 3 rings (SSSR count).